The number of thioether (sulfide) groups is 1. The quantitative estimate of drug-likeness (QED) is 0.608. The highest BCUT2D eigenvalue weighted by Crippen LogP contribution is 2.25. The maximum absolute atomic E-state index is 11.2. The highest BCUT2D eigenvalue weighted by atomic mass is 32.2. The van der Waals surface area contributed by atoms with Crippen LogP contribution >= 0.6 is 11.8 Å². The topological polar surface area (TPSA) is 107 Å². The molecule has 1 rings (SSSR count). The van der Waals surface area contributed by atoms with Crippen LogP contribution < -0.4 is 5.73 Å². The SMILES string of the molecule is COC(=O)C(N)CCSC1CS(=O)(=O)CC1O. The van der Waals surface area contributed by atoms with E-state index in [2.05, 4.69) is 4.74 Å². The molecule has 0 saturated carbocycles. The molecule has 1 aliphatic rings. The van der Waals surface area contributed by atoms with Gasteiger partial charge in [0.05, 0.1) is 24.7 Å². The van der Waals surface area contributed by atoms with Gasteiger partial charge in [-0.25, -0.2) is 8.42 Å². The first kappa shape index (κ1) is 14.7. The van der Waals surface area contributed by atoms with Gasteiger partial charge in [0.1, 0.15) is 6.04 Å². The first-order valence-corrected chi connectivity index (χ1v) is 8.06. The molecule has 0 amide bonds. The number of esters is 1. The summed E-state index contributed by atoms with van der Waals surface area (Å²) < 4.78 is 26.9. The molecule has 100 valence electrons. The lowest BCUT2D eigenvalue weighted by Crippen LogP contribution is -2.32. The Hall–Kier alpha value is -0.310. The van der Waals surface area contributed by atoms with E-state index in [1.54, 1.807) is 0 Å². The van der Waals surface area contributed by atoms with Crippen molar-refractivity contribution in [2.24, 2.45) is 5.73 Å². The minimum Gasteiger partial charge on any atom is -0.468 e. The number of nitrogens with two attached hydrogens (primary N) is 1. The van der Waals surface area contributed by atoms with Crippen LogP contribution in [0.2, 0.25) is 0 Å². The summed E-state index contributed by atoms with van der Waals surface area (Å²) in [4.78, 5) is 11.0. The van der Waals surface area contributed by atoms with Gasteiger partial charge in [-0.3, -0.25) is 4.79 Å². The molecule has 1 aliphatic heterocycles. The van der Waals surface area contributed by atoms with Crippen LogP contribution in [0.4, 0.5) is 0 Å². The third kappa shape index (κ3) is 4.46. The van der Waals surface area contributed by atoms with E-state index in [0.29, 0.717) is 12.2 Å². The van der Waals surface area contributed by atoms with Gasteiger partial charge in [-0.1, -0.05) is 0 Å². The number of sulfone groups is 1. The molecule has 0 aromatic carbocycles. The Labute approximate surface area is 105 Å². The summed E-state index contributed by atoms with van der Waals surface area (Å²) in [6.07, 6.45) is -0.417. The van der Waals surface area contributed by atoms with Crippen molar-refractivity contribution in [1.29, 1.82) is 0 Å². The molecule has 6 nitrogen and oxygen atoms in total. The van der Waals surface area contributed by atoms with E-state index >= 15 is 0 Å². The molecule has 17 heavy (non-hydrogen) atoms. The van der Waals surface area contributed by atoms with Crippen molar-refractivity contribution in [3.05, 3.63) is 0 Å². The molecule has 1 saturated heterocycles. The Morgan fingerprint density at radius 1 is 1.59 bits per heavy atom. The van der Waals surface area contributed by atoms with Crippen LogP contribution in [0.25, 0.3) is 0 Å². The summed E-state index contributed by atoms with van der Waals surface area (Å²) in [6, 6.07) is -0.692. The van der Waals surface area contributed by atoms with Crippen LogP contribution in [0.3, 0.4) is 0 Å². The minimum atomic E-state index is -3.11. The monoisotopic (exact) mass is 283 g/mol. The lowest BCUT2D eigenvalue weighted by Gasteiger charge is -2.13. The Kier molecular flexibility index (Phi) is 5.23. The third-order valence-corrected chi connectivity index (χ3v) is 5.84. The molecule has 8 heteroatoms. The number of aliphatic hydroxyl groups excluding tert-OH is 1. The van der Waals surface area contributed by atoms with E-state index < -0.39 is 28.0 Å². The molecule has 3 N–H and O–H groups in total. The van der Waals surface area contributed by atoms with Gasteiger partial charge in [0.15, 0.2) is 9.84 Å². The van der Waals surface area contributed by atoms with Gasteiger partial charge in [-0.15, -0.1) is 0 Å². The molecule has 0 aromatic rings. The van der Waals surface area contributed by atoms with E-state index in [-0.39, 0.29) is 16.8 Å². The average molecular weight is 283 g/mol. The number of hydrogen-bond acceptors (Lipinski definition) is 7. The third-order valence-electron chi connectivity index (χ3n) is 2.54. The highest BCUT2D eigenvalue weighted by molar-refractivity contribution is 8.01. The maximum Gasteiger partial charge on any atom is 0.322 e. The molecular weight excluding hydrogens is 266 g/mol. The van der Waals surface area contributed by atoms with E-state index in [4.69, 9.17) is 5.73 Å². The summed E-state index contributed by atoms with van der Waals surface area (Å²) in [5.74, 6) is -0.140. The van der Waals surface area contributed by atoms with E-state index in [9.17, 15) is 18.3 Å². The van der Waals surface area contributed by atoms with Crippen molar-refractivity contribution in [2.45, 2.75) is 23.8 Å². The average Bonchev–Trinajstić information content (AvgIpc) is 2.50. The molecule has 0 spiro atoms. The molecule has 1 heterocycles. The second-order valence-corrected chi connectivity index (χ2v) is 7.47. The Balaban J connectivity index is 2.30. The Bertz CT molecular complexity index is 370. The number of ether oxygens (including phenoxy) is 1. The van der Waals surface area contributed by atoms with Crippen LogP contribution in [0.15, 0.2) is 0 Å². The summed E-state index contributed by atoms with van der Waals surface area (Å²) >= 11 is 1.33. The van der Waals surface area contributed by atoms with Gasteiger partial charge < -0.3 is 15.6 Å². The standard InChI is InChI=1S/C9H17NO5S2/c1-15-9(12)6(10)2-3-16-8-5-17(13,14)4-7(8)11/h6-8,11H,2-5,10H2,1H3. The number of methoxy groups -OCH3 is 1. The molecule has 1 fully saturated rings. The lowest BCUT2D eigenvalue weighted by molar-refractivity contribution is -0.142. The van der Waals surface area contributed by atoms with Crippen LogP contribution in [0.5, 0.6) is 0 Å². The van der Waals surface area contributed by atoms with Crippen molar-refractivity contribution in [2.75, 3.05) is 24.4 Å². The van der Waals surface area contributed by atoms with Crippen molar-refractivity contribution in [3.63, 3.8) is 0 Å². The van der Waals surface area contributed by atoms with E-state index in [1.165, 1.54) is 18.9 Å². The first-order chi connectivity index (χ1) is 7.85. The zero-order valence-electron chi connectivity index (χ0n) is 9.53. The van der Waals surface area contributed by atoms with Gasteiger partial charge >= 0.3 is 5.97 Å². The molecule has 3 atom stereocenters. The largest absolute Gasteiger partial charge is 0.468 e. The summed E-state index contributed by atoms with van der Waals surface area (Å²) in [6.45, 7) is 0. The Morgan fingerprint density at radius 2 is 2.24 bits per heavy atom. The summed E-state index contributed by atoms with van der Waals surface area (Å²) in [5.41, 5.74) is 5.53. The molecule has 0 aromatic heterocycles. The maximum atomic E-state index is 11.2. The van der Waals surface area contributed by atoms with Crippen LogP contribution in [0.1, 0.15) is 6.42 Å². The van der Waals surface area contributed by atoms with Crippen molar-refractivity contribution in [1.82, 2.24) is 0 Å². The summed E-state index contributed by atoms with van der Waals surface area (Å²) in [5, 5.41) is 9.21. The van der Waals surface area contributed by atoms with Gasteiger partial charge in [-0.2, -0.15) is 11.8 Å². The van der Waals surface area contributed by atoms with Crippen molar-refractivity contribution >= 4 is 27.6 Å². The zero-order chi connectivity index (χ0) is 13.1. The van der Waals surface area contributed by atoms with E-state index in [1.807, 2.05) is 0 Å². The Morgan fingerprint density at radius 3 is 2.71 bits per heavy atom. The second-order valence-electron chi connectivity index (χ2n) is 3.97. The molecule has 0 aliphatic carbocycles. The molecule has 3 unspecified atom stereocenters. The van der Waals surface area contributed by atoms with Crippen LogP contribution in [-0.4, -0.2) is 61.3 Å². The highest BCUT2D eigenvalue weighted by Gasteiger charge is 2.36. The number of carbonyl (C=O) groups is 1. The smallest absolute Gasteiger partial charge is 0.322 e. The van der Waals surface area contributed by atoms with Gasteiger partial charge in [-0.05, 0) is 12.2 Å². The van der Waals surface area contributed by atoms with Gasteiger partial charge in [0.2, 0.25) is 0 Å². The fourth-order valence-electron chi connectivity index (χ4n) is 1.57. The number of rotatable bonds is 5. The van der Waals surface area contributed by atoms with Crippen LogP contribution in [-0.2, 0) is 19.4 Å². The first-order valence-electron chi connectivity index (χ1n) is 5.19. The number of hydrogen-bond donors (Lipinski definition) is 2. The van der Waals surface area contributed by atoms with Crippen molar-refractivity contribution < 1.29 is 23.1 Å². The minimum absolute atomic E-state index is 0.00764. The molecule has 0 bridgehead atoms. The zero-order valence-corrected chi connectivity index (χ0v) is 11.2. The van der Waals surface area contributed by atoms with Gasteiger partial charge in [0.25, 0.3) is 0 Å². The summed E-state index contributed by atoms with van der Waals surface area (Å²) in [7, 11) is -1.84. The second kappa shape index (κ2) is 6.03. The fourth-order valence-corrected chi connectivity index (χ4v) is 5.32. The van der Waals surface area contributed by atoms with Crippen LogP contribution in [0, 0.1) is 0 Å². The number of carbonyl (C=O) groups excluding carboxylic acids is 1. The fraction of sp³-hybridized carbons (Fsp3) is 0.889. The van der Waals surface area contributed by atoms with Crippen molar-refractivity contribution in [3.8, 4) is 0 Å². The van der Waals surface area contributed by atoms with E-state index in [0.717, 1.165) is 0 Å². The molecular formula is C9H17NO5S2. The normalized spacial score (nSPS) is 28.9. The predicted molar refractivity (Wildman–Crippen MR) is 65.5 cm³/mol. The van der Waals surface area contributed by atoms with Gasteiger partial charge in [0, 0.05) is 5.25 Å². The molecule has 0 radical (unpaired) electrons. The lowest BCUT2D eigenvalue weighted by atomic mass is 10.2. The number of aliphatic hydroxyl groups is 1. The predicted octanol–water partition coefficient (Wildman–Crippen LogP) is -1.23.